The predicted octanol–water partition coefficient (Wildman–Crippen LogP) is 1.43. The minimum absolute atomic E-state index is 0.112. The molecule has 2 heterocycles. The van der Waals surface area contributed by atoms with E-state index < -0.39 is 11.9 Å². The van der Waals surface area contributed by atoms with Gasteiger partial charge in [0, 0.05) is 31.9 Å². The van der Waals surface area contributed by atoms with E-state index in [0.717, 1.165) is 19.2 Å². The maximum Gasteiger partial charge on any atom is 0.433 e. The Bertz CT molecular complexity index is 402. The lowest BCUT2D eigenvalue weighted by Gasteiger charge is -2.33. The van der Waals surface area contributed by atoms with E-state index in [9.17, 15) is 13.2 Å². The average molecular weight is 275 g/mol. The van der Waals surface area contributed by atoms with Crippen LogP contribution in [0.2, 0.25) is 0 Å². The van der Waals surface area contributed by atoms with Gasteiger partial charge in [-0.25, -0.2) is 0 Å². The first-order valence-corrected chi connectivity index (χ1v) is 6.07. The van der Waals surface area contributed by atoms with Crippen molar-refractivity contribution in [1.29, 1.82) is 0 Å². The fourth-order valence-electron chi connectivity index (χ4n) is 2.16. The van der Waals surface area contributed by atoms with Gasteiger partial charge in [0.2, 0.25) is 0 Å². The summed E-state index contributed by atoms with van der Waals surface area (Å²) in [5, 5.41) is 0. The molecule has 4 nitrogen and oxygen atoms in total. The summed E-state index contributed by atoms with van der Waals surface area (Å²) >= 11 is 0. The summed E-state index contributed by atoms with van der Waals surface area (Å²) in [6.07, 6.45) is -3.15. The van der Waals surface area contributed by atoms with Gasteiger partial charge >= 0.3 is 6.18 Å². The molecule has 0 bridgehead atoms. The maximum absolute atomic E-state index is 12.4. The second-order valence-corrected chi connectivity index (χ2v) is 4.37. The Balaban J connectivity index is 2.14. The summed E-state index contributed by atoms with van der Waals surface area (Å²) in [5.41, 5.74) is 5.55. The molecule has 0 amide bonds. The Labute approximate surface area is 109 Å². The third kappa shape index (κ3) is 3.43. The van der Waals surface area contributed by atoms with Crippen LogP contribution in [0.1, 0.15) is 17.3 Å². The number of pyridine rings is 1. The fourth-order valence-corrected chi connectivity index (χ4v) is 2.16. The first-order chi connectivity index (χ1) is 9.02. The Morgan fingerprint density at radius 1 is 1.32 bits per heavy atom. The summed E-state index contributed by atoms with van der Waals surface area (Å²) in [5.74, 6) is 0. The van der Waals surface area contributed by atoms with Gasteiger partial charge < -0.3 is 10.5 Å². The smallest absolute Gasteiger partial charge is 0.379 e. The molecule has 0 spiro atoms. The molecule has 0 radical (unpaired) electrons. The maximum atomic E-state index is 12.4. The van der Waals surface area contributed by atoms with Crippen LogP contribution in [0.3, 0.4) is 0 Å². The number of hydrogen-bond acceptors (Lipinski definition) is 4. The van der Waals surface area contributed by atoms with Crippen LogP contribution in [0.15, 0.2) is 18.3 Å². The van der Waals surface area contributed by atoms with E-state index in [2.05, 4.69) is 9.88 Å². The van der Waals surface area contributed by atoms with Crippen LogP contribution < -0.4 is 5.73 Å². The summed E-state index contributed by atoms with van der Waals surface area (Å²) in [7, 11) is 0. The van der Waals surface area contributed by atoms with Crippen molar-refractivity contribution in [3.8, 4) is 0 Å². The van der Waals surface area contributed by atoms with Crippen LogP contribution in [0.4, 0.5) is 13.2 Å². The van der Waals surface area contributed by atoms with Crippen molar-refractivity contribution in [3.63, 3.8) is 0 Å². The van der Waals surface area contributed by atoms with Gasteiger partial charge in [0.05, 0.1) is 13.2 Å². The molecule has 1 saturated heterocycles. The number of rotatable bonds is 3. The summed E-state index contributed by atoms with van der Waals surface area (Å²) in [4.78, 5) is 5.58. The third-order valence-electron chi connectivity index (χ3n) is 3.17. The van der Waals surface area contributed by atoms with E-state index in [0.29, 0.717) is 25.3 Å². The van der Waals surface area contributed by atoms with Crippen molar-refractivity contribution in [2.45, 2.75) is 12.2 Å². The second-order valence-electron chi connectivity index (χ2n) is 4.37. The molecule has 1 aromatic heterocycles. The average Bonchev–Trinajstić information content (AvgIpc) is 2.40. The van der Waals surface area contributed by atoms with E-state index in [1.807, 2.05) is 0 Å². The monoisotopic (exact) mass is 275 g/mol. The van der Waals surface area contributed by atoms with Gasteiger partial charge in [-0.3, -0.25) is 9.88 Å². The van der Waals surface area contributed by atoms with Gasteiger partial charge in [0.15, 0.2) is 0 Å². The quantitative estimate of drug-likeness (QED) is 0.906. The molecule has 2 N–H and O–H groups in total. The van der Waals surface area contributed by atoms with Gasteiger partial charge in [-0.1, -0.05) is 6.07 Å². The molecule has 106 valence electrons. The van der Waals surface area contributed by atoms with Crippen LogP contribution in [-0.2, 0) is 10.9 Å². The molecule has 0 aliphatic carbocycles. The van der Waals surface area contributed by atoms with Gasteiger partial charge in [-0.2, -0.15) is 13.2 Å². The SMILES string of the molecule is NCC(c1ccc(C(F)(F)F)nc1)N1CCOCC1. The van der Waals surface area contributed by atoms with Gasteiger partial charge in [0.25, 0.3) is 0 Å². The molecule has 0 saturated carbocycles. The molecule has 2 rings (SSSR count). The number of hydrogen-bond donors (Lipinski definition) is 1. The Morgan fingerprint density at radius 2 is 2.00 bits per heavy atom. The molecule has 1 fully saturated rings. The molecule has 7 heteroatoms. The standard InChI is InChI=1S/C12H16F3N3O/c13-12(14,15)11-2-1-9(8-17-11)10(7-16)18-3-5-19-6-4-18/h1-2,8,10H,3-7,16H2. The van der Waals surface area contributed by atoms with E-state index in [1.54, 1.807) is 0 Å². The zero-order valence-corrected chi connectivity index (χ0v) is 10.4. The van der Waals surface area contributed by atoms with E-state index >= 15 is 0 Å². The topological polar surface area (TPSA) is 51.4 Å². The molecule has 1 unspecified atom stereocenters. The van der Waals surface area contributed by atoms with Crippen molar-refractivity contribution in [3.05, 3.63) is 29.6 Å². The molecule has 1 atom stereocenters. The summed E-state index contributed by atoms with van der Waals surface area (Å²) < 4.78 is 42.6. The van der Waals surface area contributed by atoms with Gasteiger partial charge in [-0.05, 0) is 11.6 Å². The van der Waals surface area contributed by atoms with Crippen molar-refractivity contribution < 1.29 is 17.9 Å². The number of halogens is 3. The van der Waals surface area contributed by atoms with E-state index in [4.69, 9.17) is 10.5 Å². The highest BCUT2D eigenvalue weighted by atomic mass is 19.4. The second kappa shape index (κ2) is 5.85. The normalized spacial score (nSPS) is 19.4. The van der Waals surface area contributed by atoms with Crippen LogP contribution in [-0.4, -0.2) is 42.7 Å². The van der Waals surface area contributed by atoms with Crippen molar-refractivity contribution in [1.82, 2.24) is 9.88 Å². The van der Waals surface area contributed by atoms with Crippen LogP contribution >= 0.6 is 0 Å². The van der Waals surface area contributed by atoms with Gasteiger partial charge in [-0.15, -0.1) is 0 Å². The van der Waals surface area contributed by atoms with Crippen LogP contribution in [0, 0.1) is 0 Å². The molecule has 19 heavy (non-hydrogen) atoms. The number of nitrogens with two attached hydrogens (primary N) is 1. The Hall–Kier alpha value is -1.18. The third-order valence-corrected chi connectivity index (χ3v) is 3.17. The van der Waals surface area contributed by atoms with Crippen molar-refractivity contribution >= 4 is 0 Å². The number of nitrogens with zero attached hydrogens (tertiary/aromatic N) is 2. The van der Waals surface area contributed by atoms with Crippen LogP contribution in [0.25, 0.3) is 0 Å². The first kappa shape index (κ1) is 14.2. The molecule has 1 aromatic rings. The predicted molar refractivity (Wildman–Crippen MR) is 63.4 cm³/mol. The number of aromatic nitrogens is 1. The molecule has 1 aliphatic heterocycles. The number of morpholine rings is 1. The molecule has 0 aromatic carbocycles. The summed E-state index contributed by atoms with van der Waals surface area (Å²) in [6, 6.07) is 2.33. The minimum atomic E-state index is -4.41. The minimum Gasteiger partial charge on any atom is -0.379 e. The summed E-state index contributed by atoms with van der Waals surface area (Å²) in [6.45, 7) is 3.02. The number of ether oxygens (including phenoxy) is 1. The molecular weight excluding hydrogens is 259 g/mol. The lowest BCUT2D eigenvalue weighted by molar-refractivity contribution is -0.141. The van der Waals surface area contributed by atoms with E-state index in [-0.39, 0.29) is 6.04 Å². The van der Waals surface area contributed by atoms with Crippen molar-refractivity contribution in [2.24, 2.45) is 5.73 Å². The Morgan fingerprint density at radius 3 is 2.47 bits per heavy atom. The fraction of sp³-hybridized carbons (Fsp3) is 0.583. The molecule has 1 aliphatic rings. The molecular formula is C12H16F3N3O. The highest BCUT2D eigenvalue weighted by molar-refractivity contribution is 5.20. The first-order valence-electron chi connectivity index (χ1n) is 6.07. The zero-order chi connectivity index (χ0) is 13.9. The lowest BCUT2D eigenvalue weighted by atomic mass is 10.1. The zero-order valence-electron chi connectivity index (χ0n) is 10.4. The van der Waals surface area contributed by atoms with Crippen LogP contribution in [0.5, 0.6) is 0 Å². The van der Waals surface area contributed by atoms with Crippen molar-refractivity contribution in [2.75, 3.05) is 32.8 Å². The van der Waals surface area contributed by atoms with E-state index in [1.165, 1.54) is 12.3 Å². The lowest BCUT2D eigenvalue weighted by Crippen LogP contribution is -2.41. The highest BCUT2D eigenvalue weighted by Crippen LogP contribution is 2.28. The number of alkyl halides is 3. The highest BCUT2D eigenvalue weighted by Gasteiger charge is 2.32. The Kier molecular flexibility index (Phi) is 4.38. The van der Waals surface area contributed by atoms with Gasteiger partial charge in [0.1, 0.15) is 5.69 Å². The largest absolute Gasteiger partial charge is 0.433 e.